The first-order valence-corrected chi connectivity index (χ1v) is 10.2. The highest BCUT2D eigenvalue weighted by Crippen LogP contribution is 2.48. The minimum atomic E-state index is -0.873. The van der Waals surface area contributed by atoms with Crippen LogP contribution in [0.1, 0.15) is 17.2 Å². The van der Waals surface area contributed by atoms with E-state index in [0.29, 0.717) is 5.02 Å². The summed E-state index contributed by atoms with van der Waals surface area (Å²) >= 11 is 6.51. The van der Waals surface area contributed by atoms with Gasteiger partial charge in [0.2, 0.25) is 5.91 Å². The van der Waals surface area contributed by atoms with E-state index in [0.717, 1.165) is 16.8 Å². The Morgan fingerprint density at radius 1 is 0.800 bits per heavy atom. The number of hydroxylamine groups is 1. The van der Waals surface area contributed by atoms with E-state index in [2.05, 4.69) is 0 Å². The molecule has 150 valence electrons. The lowest BCUT2D eigenvalue weighted by Crippen LogP contribution is -2.37. The standard InChI is InChI=1S/C24H19ClN2O3/c25-19-14-8-7-13-18(19)21-20-22(30-27(21)17-11-5-2-6-12-17)24(29)26(23(20)28)15-16-9-3-1-4-10-16/h1-14,20-22H,15H2/t20-,21-,22-/m0/s1. The highest BCUT2D eigenvalue weighted by molar-refractivity contribution is 6.31. The van der Waals surface area contributed by atoms with Crippen LogP contribution in [0, 0.1) is 5.92 Å². The molecule has 2 fully saturated rings. The van der Waals surface area contributed by atoms with Crippen molar-refractivity contribution in [3.05, 3.63) is 101 Å². The fraction of sp³-hybridized carbons (Fsp3) is 0.167. The zero-order valence-electron chi connectivity index (χ0n) is 16.0. The van der Waals surface area contributed by atoms with Gasteiger partial charge < -0.3 is 0 Å². The van der Waals surface area contributed by atoms with Crippen molar-refractivity contribution < 1.29 is 14.4 Å². The third-order valence-electron chi connectivity index (χ3n) is 5.62. The zero-order chi connectivity index (χ0) is 20.7. The monoisotopic (exact) mass is 418 g/mol. The number of likely N-dealkylation sites (tertiary alicyclic amines) is 1. The maximum Gasteiger partial charge on any atom is 0.262 e. The van der Waals surface area contributed by atoms with Crippen molar-refractivity contribution >= 4 is 29.1 Å². The van der Waals surface area contributed by atoms with Crippen molar-refractivity contribution in [3.8, 4) is 0 Å². The van der Waals surface area contributed by atoms with Gasteiger partial charge in [-0.15, -0.1) is 0 Å². The first kappa shape index (κ1) is 18.9. The molecule has 0 N–H and O–H groups in total. The van der Waals surface area contributed by atoms with Gasteiger partial charge in [-0.05, 0) is 29.3 Å². The second-order valence-corrected chi connectivity index (χ2v) is 7.83. The van der Waals surface area contributed by atoms with Gasteiger partial charge in [0.1, 0.15) is 5.92 Å². The Labute approximate surface area is 179 Å². The van der Waals surface area contributed by atoms with E-state index in [4.69, 9.17) is 16.4 Å². The van der Waals surface area contributed by atoms with E-state index in [9.17, 15) is 9.59 Å². The van der Waals surface area contributed by atoms with Crippen LogP contribution < -0.4 is 5.06 Å². The highest BCUT2D eigenvalue weighted by Gasteiger charge is 2.60. The number of nitrogens with zero attached hydrogens (tertiary/aromatic N) is 2. The molecule has 2 amide bonds. The Balaban J connectivity index is 1.54. The van der Waals surface area contributed by atoms with E-state index in [1.54, 1.807) is 11.1 Å². The molecule has 5 nitrogen and oxygen atoms in total. The van der Waals surface area contributed by atoms with Crippen LogP contribution in [0.2, 0.25) is 5.02 Å². The smallest absolute Gasteiger partial charge is 0.262 e. The third-order valence-corrected chi connectivity index (χ3v) is 5.97. The van der Waals surface area contributed by atoms with Gasteiger partial charge >= 0.3 is 0 Å². The van der Waals surface area contributed by atoms with E-state index < -0.39 is 18.1 Å². The molecule has 3 aromatic rings. The molecule has 2 aliphatic rings. The predicted octanol–water partition coefficient (Wildman–Crippen LogP) is 4.39. The van der Waals surface area contributed by atoms with Gasteiger partial charge in [0, 0.05) is 5.02 Å². The number of para-hydroxylation sites is 1. The number of anilines is 1. The number of amides is 2. The van der Waals surface area contributed by atoms with Crippen molar-refractivity contribution in [1.29, 1.82) is 0 Å². The Morgan fingerprint density at radius 3 is 2.13 bits per heavy atom. The lowest BCUT2D eigenvalue weighted by Gasteiger charge is -2.29. The van der Waals surface area contributed by atoms with Crippen LogP contribution >= 0.6 is 11.6 Å². The molecule has 5 rings (SSSR count). The lowest BCUT2D eigenvalue weighted by molar-refractivity contribution is -0.143. The average Bonchev–Trinajstić information content (AvgIpc) is 3.27. The van der Waals surface area contributed by atoms with Gasteiger partial charge in [0.05, 0.1) is 18.3 Å². The molecule has 3 aromatic carbocycles. The summed E-state index contributed by atoms with van der Waals surface area (Å²) in [6.07, 6.45) is -0.873. The molecular formula is C24H19ClN2O3. The van der Waals surface area contributed by atoms with Crippen LogP contribution in [-0.4, -0.2) is 22.8 Å². The Hall–Kier alpha value is -3.15. The Morgan fingerprint density at radius 2 is 1.43 bits per heavy atom. The maximum atomic E-state index is 13.4. The van der Waals surface area contributed by atoms with E-state index in [1.165, 1.54) is 4.90 Å². The summed E-state index contributed by atoms with van der Waals surface area (Å²) in [4.78, 5) is 34.0. The summed E-state index contributed by atoms with van der Waals surface area (Å²) in [6, 6.07) is 25.8. The quantitative estimate of drug-likeness (QED) is 0.590. The minimum absolute atomic E-state index is 0.232. The van der Waals surface area contributed by atoms with E-state index in [1.807, 2.05) is 78.9 Å². The van der Waals surface area contributed by atoms with Crippen LogP contribution in [0.3, 0.4) is 0 Å². The molecule has 2 saturated heterocycles. The molecule has 30 heavy (non-hydrogen) atoms. The molecular weight excluding hydrogens is 400 g/mol. The second-order valence-electron chi connectivity index (χ2n) is 7.43. The molecule has 2 heterocycles. The van der Waals surface area contributed by atoms with Crippen molar-refractivity contribution in [2.24, 2.45) is 5.92 Å². The lowest BCUT2D eigenvalue weighted by atomic mass is 9.90. The molecule has 0 aromatic heterocycles. The van der Waals surface area contributed by atoms with Gasteiger partial charge in [-0.25, -0.2) is 5.06 Å². The number of carbonyl (C=O) groups is 2. The Bertz CT molecular complexity index is 1090. The normalized spacial score (nSPS) is 23.2. The van der Waals surface area contributed by atoms with Crippen LogP contribution in [0.25, 0.3) is 0 Å². The molecule has 0 spiro atoms. The summed E-state index contributed by atoms with van der Waals surface area (Å²) in [6.45, 7) is 0.232. The van der Waals surface area contributed by atoms with E-state index in [-0.39, 0.29) is 18.4 Å². The maximum absolute atomic E-state index is 13.4. The summed E-state index contributed by atoms with van der Waals surface area (Å²) in [5.41, 5.74) is 2.43. The topological polar surface area (TPSA) is 49.9 Å². The van der Waals surface area contributed by atoms with Crippen molar-refractivity contribution in [2.75, 3.05) is 5.06 Å². The molecule has 6 heteroatoms. The van der Waals surface area contributed by atoms with Crippen LogP contribution in [-0.2, 0) is 21.0 Å². The number of benzene rings is 3. The highest BCUT2D eigenvalue weighted by atomic mass is 35.5. The molecule has 0 aliphatic carbocycles. The summed E-state index contributed by atoms with van der Waals surface area (Å²) < 4.78 is 0. The number of hydrogen-bond donors (Lipinski definition) is 0. The molecule has 3 atom stereocenters. The second kappa shape index (κ2) is 7.59. The SMILES string of the molecule is O=C1[C@@H]2[C@H](ON(c3ccccc3)[C@H]2c2ccccc2Cl)C(=O)N1Cc1ccccc1. The summed E-state index contributed by atoms with van der Waals surface area (Å²) in [7, 11) is 0. The third kappa shape index (κ3) is 3.07. The first-order chi connectivity index (χ1) is 14.6. The molecule has 0 bridgehead atoms. The number of rotatable bonds is 4. The number of carbonyl (C=O) groups excluding carboxylic acids is 2. The fourth-order valence-electron chi connectivity index (χ4n) is 4.22. The van der Waals surface area contributed by atoms with Gasteiger partial charge in [-0.3, -0.25) is 19.3 Å². The van der Waals surface area contributed by atoms with Crippen LogP contribution in [0.4, 0.5) is 5.69 Å². The van der Waals surface area contributed by atoms with Crippen LogP contribution in [0.15, 0.2) is 84.9 Å². The first-order valence-electron chi connectivity index (χ1n) is 9.80. The van der Waals surface area contributed by atoms with Crippen molar-refractivity contribution in [1.82, 2.24) is 4.90 Å². The van der Waals surface area contributed by atoms with Crippen molar-refractivity contribution in [3.63, 3.8) is 0 Å². The fourth-order valence-corrected chi connectivity index (χ4v) is 4.47. The van der Waals surface area contributed by atoms with Gasteiger partial charge in [0.15, 0.2) is 6.10 Å². The van der Waals surface area contributed by atoms with Gasteiger partial charge in [-0.1, -0.05) is 78.3 Å². The molecule has 0 radical (unpaired) electrons. The number of hydrogen-bond acceptors (Lipinski definition) is 4. The molecule has 2 aliphatic heterocycles. The predicted molar refractivity (Wildman–Crippen MR) is 113 cm³/mol. The van der Waals surface area contributed by atoms with Crippen molar-refractivity contribution in [2.45, 2.75) is 18.7 Å². The van der Waals surface area contributed by atoms with E-state index >= 15 is 0 Å². The number of fused-ring (bicyclic) bond motifs is 1. The number of imide groups is 1. The zero-order valence-corrected chi connectivity index (χ0v) is 16.8. The summed E-state index contributed by atoms with van der Waals surface area (Å²) in [5.74, 6) is -1.22. The summed E-state index contributed by atoms with van der Waals surface area (Å²) in [5, 5.41) is 2.20. The Kier molecular flexibility index (Phi) is 4.77. The number of halogens is 1. The molecule has 0 saturated carbocycles. The molecule has 0 unspecified atom stereocenters. The largest absolute Gasteiger partial charge is 0.275 e. The van der Waals surface area contributed by atoms with Crippen LogP contribution in [0.5, 0.6) is 0 Å². The van der Waals surface area contributed by atoms with Gasteiger partial charge in [-0.2, -0.15) is 0 Å². The average molecular weight is 419 g/mol. The minimum Gasteiger partial charge on any atom is -0.275 e. The van der Waals surface area contributed by atoms with Gasteiger partial charge in [0.25, 0.3) is 5.91 Å².